The molecule has 5 nitrogen and oxygen atoms in total. The minimum Gasteiger partial charge on any atom is -0.358 e. The second-order valence-corrected chi connectivity index (χ2v) is 8.89. The van der Waals surface area contributed by atoms with Gasteiger partial charge in [-0.25, -0.2) is 0 Å². The zero-order chi connectivity index (χ0) is 19.8. The number of aromatic nitrogens is 1. The molecule has 2 amide bonds. The molecule has 1 aliphatic heterocycles. The summed E-state index contributed by atoms with van der Waals surface area (Å²) in [5, 5.41) is 4.41. The highest BCUT2D eigenvalue weighted by atomic mass is 16.2. The number of nitrogens with one attached hydrogen (secondary N) is 2. The molecule has 1 atom stereocenters. The molecule has 1 saturated heterocycles. The first-order valence-electron chi connectivity index (χ1n) is 10.7. The summed E-state index contributed by atoms with van der Waals surface area (Å²) < 4.78 is 0. The predicted molar refractivity (Wildman–Crippen MR) is 111 cm³/mol. The van der Waals surface area contributed by atoms with Crippen molar-refractivity contribution in [2.24, 2.45) is 11.8 Å². The number of fused-ring (bicyclic) bond motifs is 3. The van der Waals surface area contributed by atoms with E-state index in [1.807, 2.05) is 30.9 Å². The van der Waals surface area contributed by atoms with Crippen molar-refractivity contribution in [1.82, 2.24) is 15.2 Å². The molecular formula is C23H31N3O2. The van der Waals surface area contributed by atoms with Crippen LogP contribution in [-0.2, 0) is 17.6 Å². The quantitative estimate of drug-likeness (QED) is 0.852. The van der Waals surface area contributed by atoms with E-state index in [2.05, 4.69) is 23.3 Å². The average molecular weight is 382 g/mol. The number of H-pyrrole nitrogens is 1. The monoisotopic (exact) mass is 381 g/mol. The third-order valence-corrected chi connectivity index (χ3v) is 6.35. The summed E-state index contributed by atoms with van der Waals surface area (Å²) in [6.45, 7) is 7.62. The van der Waals surface area contributed by atoms with Crippen LogP contribution in [0.5, 0.6) is 0 Å². The molecule has 5 heteroatoms. The smallest absolute Gasteiger partial charge is 0.253 e. The third-order valence-electron chi connectivity index (χ3n) is 6.35. The Labute approximate surface area is 166 Å². The summed E-state index contributed by atoms with van der Waals surface area (Å²) in [5.74, 6) is 0.930. The van der Waals surface area contributed by atoms with Gasteiger partial charge in [0.2, 0.25) is 5.91 Å². The second-order valence-electron chi connectivity index (χ2n) is 8.89. The third kappa shape index (κ3) is 3.54. The van der Waals surface area contributed by atoms with Crippen LogP contribution in [0.4, 0.5) is 0 Å². The maximum absolute atomic E-state index is 13.0. The molecule has 1 aromatic heterocycles. The van der Waals surface area contributed by atoms with E-state index in [0.29, 0.717) is 5.92 Å². The van der Waals surface area contributed by atoms with Crippen LogP contribution in [0, 0.1) is 11.8 Å². The van der Waals surface area contributed by atoms with Gasteiger partial charge in [-0.3, -0.25) is 9.59 Å². The first-order valence-corrected chi connectivity index (χ1v) is 10.7. The number of piperidine rings is 1. The zero-order valence-electron chi connectivity index (χ0n) is 17.2. The lowest BCUT2D eigenvalue weighted by Gasteiger charge is -2.33. The van der Waals surface area contributed by atoms with E-state index in [4.69, 9.17) is 0 Å². The summed E-state index contributed by atoms with van der Waals surface area (Å²) in [5.41, 5.74) is 4.41. The molecule has 28 heavy (non-hydrogen) atoms. The lowest BCUT2D eigenvalue weighted by molar-refractivity contribution is -0.135. The van der Waals surface area contributed by atoms with Gasteiger partial charge < -0.3 is 15.2 Å². The molecule has 2 aliphatic rings. The Kier molecular flexibility index (Phi) is 5.17. The lowest BCUT2D eigenvalue weighted by atomic mass is 9.87. The van der Waals surface area contributed by atoms with Crippen molar-refractivity contribution < 1.29 is 9.59 Å². The Morgan fingerprint density at radius 2 is 1.93 bits per heavy atom. The SMILES string of the molecule is CC1CCc2[nH]c3c(C(=O)NC4CCN(C(=O)C(C)C)CC4)cccc3c2C1. The summed E-state index contributed by atoms with van der Waals surface area (Å²) in [6, 6.07) is 6.17. The van der Waals surface area contributed by atoms with E-state index in [1.165, 1.54) is 23.1 Å². The lowest BCUT2D eigenvalue weighted by Crippen LogP contribution is -2.47. The Hall–Kier alpha value is -2.30. The van der Waals surface area contributed by atoms with E-state index in [9.17, 15) is 9.59 Å². The van der Waals surface area contributed by atoms with Gasteiger partial charge in [0, 0.05) is 36.1 Å². The first-order chi connectivity index (χ1) is 13.4. The van der Waals surface area contributed by atoms with Crippen molar-refractivity contribution in [1.29, 1.82) is 0 Å². The average Bonchev–Trinajstić information content (AvgIpc) is 3.05. The van der Waals surface area contributed by atoms with Crippen LogP contribution >= 0.6 is 0 Å². The number of hydrogen-bond acceptors (Lipinski definition) is 2. The molecule has 1 aliphatic carbocycles. The van der Waals surface area contributed by atoms with Gasteiger partial charge >= 0.3 is 0 Å². The minimum atomic E-state index is -0.00844. The van der Waals surface area contributed by atoms with E-state index < -0.39 is 0 Å². The number of carbonyl (C=O) groups is 2. The molecule has 1 fully saturated rings. The summed E-state index contributed by atoms with van der Waals surface area (Å²) in [7, 11) is 0. The van der Waals surface area contributed by atoms with Crippen LogP contribution in [0.2, 0.25) is 0 Å². The van der Waals surface area contributed by atoms with Crippen molar-refractivity contribution in [3.8, 4) is 0 Å². The number of nitrogens with zero attached hydrogens (tertiary/aromatic N) is 1. The molecule has 150 valence electrons. The van der Waals surface area contributed by atoms with Gasteiger partial charge in [-0.1, -0.05) is 32.9 Å². The molecule has 2 aromatic rings. The van der Waals surface area contributed by atoms with Crippen LogP contribution in [0.3, 0.4) is 0 Å². The number of amides is 2. The first kappa shape index (κ1) is 19.0. The number of rotatable bonds is 3. The number of hydrogen-bond donors (Lipinski definition) is 2. The van der Waals surface area contributed by atoms with Crippen LogP contribution in [0.25, 0.3) is 10.9 Å². The van der Waals surface area contributed by atoms with E-state index in [1.54, 1.807) is 0 Å². The summed E-state index contributed by atoms with van der Waals surface area (Å²) in [6.07, 6.45) is 4.99. The number of para-hydroxylation sites is 1. The topological polar surface area (TPSA) is 65.2 Å². The zero-order valence-corrected chi connectivity index (χ0v) is 17.2. The Morgan fingerprint density at radius 3 is 2.64 bits per heavy atom. The van der Waals surface area contributed by atoms with E-state index in [0.717, 1.165) is 49.9 Å². The molecule has 2 heterocycles. The largest absolute Gasteiger partial charge is 0.358 e. The number of benzene rings is 1. The molecule has 0 bridgehead atoms. The Balaban J connectivity index is 1.47. The van der Waals surface area contributed by atoms with Gasteiger partial charge in [0.05, 0.1) is 11.1 Å². The fourth-order valence-electron chi connectivity index (χ4n) is 4.68. The molecular weight excluding hydrogens is 350 g/mol. The number of likely N-dealkylation sites (tertiary alicyclic amines) is 1. The maximum atomic E-state index is 13.0. The number of carbonyl (C=O) groups excluding carboxylic acids is 2. The molecule has 4 rings (SSSR count). The Bertz CT molecular complexity index is 891. The van der Waals surface area contributed by atoms with Gasteiger partial charge in [-0.2, -0.15) is 0 Å². The van der Waals surface area contributed by atoms with Crippen LogP contribution in [0.15, 0.2) is 18.2 Å². The van der Waals surface area contributed by atoms with Crippen molar-refractivity contribution in [2.45, 2.75) is 58.9 Å². The normalized spacial score (nSPS) is 20.4. The van der Waals surface area contributed by atoms with Crippen LogP contribution in [0.1, 0.15) is 61.6 Å². The second kappa shape index (κ2) is 7.61. The molecule has 0 saturated carbocycles. The van der Waals surface area contributed by atoms with Crippen molar-refractivity contribution in [3.05, 3.63) is 35.0 Å². The van der Waals surface area contributed by atoms with Crippen LogP contribution < -0.4 is 5.32 Å². The highest BCUT2D eigenvalue weighted by Crippen LogP contribution is 2.33. The van der Waals surface area contributed by atoms with E-state index >= 15 is 0 Å². The predicted octanol–water partition coefficient (Wildman–Crippen LogP) is 3.67. The summed E-state index contributed by atoms with van der Waals surface area (Å²) >= 11 is 0. The van der Waals surface area contributed by atoms with E-state index in [-0.39, 0.29) is 23.8 Å². The number of aromatic amines is 1. The van der Waals surface area contributed by atoms with Crippen molar-refractivity contribution >= 4 is 22.7 Å². The highest BCUT2D eigenvalue weighted by Gasteiger charge is 2.27. The molecule has 2 N–H and O–H groups in total. The van der Waals surface area contributed by atoms with Crippen molar-refractivity contribution in [2.75, 3.05) is 13.1 Å². The van der Waals surface area contributed by atoms with Gasteiger partial charge in [0.15, 0.2) is 0 Å². The maximum Gasteiger partial charge on any atom is 0.253 e. The van der Waals surface area contributed by atoms with Gasteiger partial charge in [0.1, 0.15) is 0 Å². The standard InChI is InChI=1S/C23H31N3O2/c1-14(2)23(28)26-11-9-16(10-12-26)24-22(27)18-6-4-5-17-19-13-15(3)7-8-20(19)25-21(17)18/h4-6,14-16,25H,7-13H2,1-3H3,(H,24,27). The molecule has 0 radical (unpaired) electrons. The van der Waals surface area contributed by atoms with Gasteiger partial charge in [-0.05, 0) is 49.7 Å². The highest BCUT2D eigenvalue weighted by molar-refractivity contribution is 6.07. The van der Waals surface area contributed by atoms with Gasteiger partial charge in [-0.15, -0.1) is 0 Å². The van der Waals surface area contributed by atoms with Crippen LogP contribution in [-0.4, -0.2) is 40.8 Å². The molecule has 0 spiro atoms. The van der Waals surface area contributed by atoms with Gasteiger partial charge in [0.25, 0.3) is 5.91 Å². The molecule has 1 aromatic carbocycles. The minimum absolute atomic E-state index is 0.00844. The number of aryl methyl sites for hydroxylation is 1. The fourth-order valence-corrected chi connectivity index (χ4v) is 4.68. The summed E-state index contributed by atoms with van der Waals surface area (Å²) in [4.78, 5) is 30.6. The van der Waals surface area contributed by atoms with Crippen molar-refractivity contribution in [3.63, 3.8) is 0 Å². The Morgan fingerprint density at radius 1 is 1.18 bits per heavy atom. The fraction of sp³-hybridized carbons (Fsp3) is 0.565. The molecule has 1 unspecified atom stereocenters.